The largest absolute Gasteiger partial charge is 0.497 e. The molecule has 0 bridgehead atoms. The number of rotatable bonds is 12. The molecule has 5 nitrogen and oxygen atoms in total. The van der Waals surface area contributed by atoms with Crippen LogP contribution < -0.4 is 4.74 Å². The summed E-state index contributed by atoms with van der Waals surface area (Å²) < 4.78 is 5.36. The van der Waals surface area contributed by atoms with Crippen molar-refractivity contribution in [2.45, 2.75) is 58.9 Å². The number of nitrogens with zero attached hydrogens (tertiary/aromatic N) is 3. The third-order valence-corrected chi connectivity index (χ3v) is 6.26. The number of methoxy groups -OCH3 is 1. The summed E-state index contributed by atoms with van der Waals surface area (Å²) in [7, 11) is 1.74. The Morgan fingerprint density at radius 1 is 1.27 bits per heavy atom. The lowest BCUT2D eigenvalue weighted by Gasteiger charge is -2.35. The maximum Gasteiger partial charge on any atom is 0.119 e. The molecule has 3 rings (SSSR count). The van der Waals surface area contributed by atoms with Gasteiger partial charge in [0.25, 0.3) is 0 Å². The number of likely N-dealkylation sites (tertiary alicyclic amines) is 1. The van der Waals surface area contributed by atoms with E-state index in [2.05, 4.69) is 51.8 Å². The van der Waals surface area contributed by atoms with Gasteiger partial charge in [-0.2, -0.15) is 0 Å². The number of nitrogens with one attached hydrogen (secondary N) is 1. The molecule has 0 spiro atoms. The maximum absolute atomic E-state index is 5.36. The zero-order valence-electron chi connectivity index (χ0n) is 19.2. The molecule has 1 aromatic carbocycles. The van der Waals surface area contributed by atoms with Crippen LogP contribution in [0.4, 0.5) is 0 Å². The van der Waals surface area contributed by atoms with Crippen LogP contribution in [0, 0.1) is 5.92 Å². The summed E-state index contributed by atoms with van der Waals surface area (Å²) in [6.07, 6.45) is 9.27. The van der Waals surface area contributed by atoms with E-state index in [1.54, 1.807) is 7.11 Å². The highest BCUT2D eigenvalue weighted by Crippen LogP contribution is 2.20. The van der Waals surface area contributed by atoms with Crippen molar-refractivity contribution in [1.82, 2.24) is 19.8 Å². The lowest BCUT2D eigenvalue weighted by Crippen LogP contribution is -2.41. The number of imidazole rings is 1. The van der Waals surface area contributed by atoms with Gasteiger partial charge < -0.3 is 14.6 Å². The number of H-pyrrole nitrogens is 1. The van der Waals surface area contributed by atoms with E-state index in [1.807, 2.05) is 12.3 Å². The number of piperidine rings is 1. The molecule has 2 heterocycles. The summed E-state index contributed by atoms with van der Waals surface area (Å²) in [6, 6.07) is 8.49. The average molecular weight is 413 g/mol. The zero-order chi connectivity index (χ0) is 21.2. The fourth-order valence-electron chi connectivity index (χ4n) is 4.49. The molecule has 166 valence electrons. The SMILES string of the molecule is CCCCc1ncc(CN(CC)C[C@H]2CCCN(CCc3cccc(OC)c3)C2)[nH]1. The Bertz CT molecular complexity index is 744. The number of ether oxygens (including phenoxy) is 1. The summed E-state index contributed by atoms with van der Waals surface area (Å²) in [4.78, 5) is 13.3. The van der Waals surface area contributed by atoms with Crippen LogP contribution in [0.2, 0.25) is 0 Å². The summed E-state index contributed by atoms with van der Waals surface area (Å²) in [5.74, 6) is 2.86. The highest BCUT2D eigenvalue weighted by Gasteiger charge is 2.22. The second-order valence-corrected chi connectivity index (χ2v) is 8.70. The van der Waals surface area contributed by atoms with E-state index in [-0.39, 0.29) is 0 Å². The van der Waals surface area contributed by atoms with Crippen molar-refractivity contribution in [3.63, 3.8) is 0 Å². The van der Waals surface area contributed by atoms with Gasteiger partial charge in [0.1, 0.15) is 11.6 Å². The minimum atomic E-state index is 0.756. The molecule has 1 fully saturated rings. The number of aromatic nitrogens is 2. The van der Waals surface area contributed by atoms with Crippen LogP contribution in [0.1, 0.15) is 56.6 Å². The minimum Gasteiger partial charge on any atom is -0.497 e. The number of hydrogen-bond acceptors (Lipinski definition) is 4. The number of hydrogen-bond donors (Lipinski definition) is 1. The highest BCUT2D eigenvalue weighted by atomic mass is 16.5. The quantitative estimate of drug-likeness (QED) is 0.556. The van der Waals surface area contributed by atoms with E-state index in [1.165, 1.54) is 56.6 Å². The first-order valence-corrected chi connectivity index (χ1v) is 11.8. The summed E-state index contributed by atoms with van der Waals surface area (Å²) in [6.45, 7) is 11.3. The van der Waals surface area contributed by atoms with E-state index in [4.69, 9.17) is 4.74 Å². The second-order valence-electron chi connectivity index (χ2n) is 8.70. The minimum absolute atomic E-state index is 0.756. The molecule has 5 heteroatoms. The molecule has 30 heavy (non-hydrogen) atoms. The highest BCUT2D eigenvalue weighted by molar-refractivity contribution is 5.28. The molecular formula is C25H40N4O. The molecule has 1 aliphatic rings. The zero-order valence-corrected chi connectivity index (χ0v) is 19.2. The first-order valence-electron chi connectivity index (χ1n) is 11.8. The van der Waals surface area contributed by atoms with Gasteiger partial charge in [0.2, 0.25) is 0 Å². The molecule has 0 radical (unpaired) electrons. The van der Waals surface area contributed by atoms with Gasteiger partial charge in [-0.25, -0.2) is 4.98 Å². The summed E-state index contributed by atoms with van der Waals surface area (Å²) in [5, 5.41) is 0. The van der Waals surface area contributed by atoms with Gasteiger partial charge in [0, 0.05) is 44.5 Å². The maximum atomic E-state index is 5.36. The Morgan fingerprint density at radius 3 is 2.97 bits per heavy atom. The Hall–Kier alpha value is -1.85. The van der Waals surface area contributed by atoms with Crippen molar-refractivity contribution in [3.8, 4) is 5.75 Å². The van der Waals surface area contributed by atoms with Crippen LogP contribution >= 0.6 is 0 Å². The van der Waals surface area contributed by atoms with Gasteiger partial charge in [-0.15, -0.1) is 0 Å². The predicted molar refractivity (Wildman–Crippen MR) is 124 cm³/mol. The van der Waals surface area contributed by atoms with Crippen LogP contribution in [0.3, 0.4) is 0 Å². The smallest absolute Gasteiger partial charge is 0.119 e. The predicted octanol–water partition coefficient (Wildman–Crippen LogP) is 4.54. The molecular weight excluding hydrogens is 372 g/mol. The molecule has 1 aromatic heterocycles. The van der Waals surface area contributed by atoms with Crippen molar-refractivity contribution < 1.29 is 4.74 Å². The lowest BCUT2D eigenvalue weighted by atomic mass is 9.96. The van der Waals surface area contributed by atoms with E-state index in [0.717, 1.165) is 50.0 Å². The lowest BCUT2D eigenvalue weighted by molar-refractivity contribution is 0.132. The molecule has 1 saturated heterocycles. The first-order chi connectivity index (χ1) is 14.7. The van der Waals surface area contributed by atoms with Gasteiger partial charge >= 0.3 is 0 Å². The molecule has 0 saturated carbocycles. The molecule has 0 unspecified atom stereocenters. The van der Waals surface area contributed by atoms with Crippen molar-refractivity contribution >= 4 is 0 Å². The van der Waals surface area contributed by atoms with Crippen molar-refractivity contribution in [3.05, 3.63) is 47.5 Å². The van der Waals surface area contributed by atoms with Gasteiger partial charge in [-0.1, -0.05) is 32.4 Å². The Balaban J connectivity index is 1.46. The Morgan fingerprint density at radius 2 is 2.17 bits per heavy atom. The fraction of sp³-hybridized carbons (Fsp3) is 0.640. The molecule has 1 N–H and O–H groups in total. The van der Waals surface area contributed by atoms with Crippen molar-refractivity contribution in [2.75, 3.05) is 39.8 Å². The Kier molecular flexibility index (Phi) is 9.22. The molecule has 1 atom stereocenters. The van der Waals surface area contributed by atoms with E-state index in [9.17, 15) is 0 Å². The molecule has 0 aliphatic carbocycles. The Labute approximate surface area is 182 Å². The van der Waals surface area contributed by atoms with Gasteiger partial charge in [0.15, 0.2) is 0 Å². The van der Waals surface area contributed by atoms with Gasteiger partial charge in [-0.3, -0.25) is 4.90 Å². The second kappa shape index (κ2) is 12.1. The third-order valence-electron chi connectivity index (χ3n) is 6.26. The molecule has 2 aromatic rings. The van der Waals surface area contributed by atoms with Crippen molar-refractivity contribution in [1.29, 1.82) is 0 Å². The van der Waals surface area contributed by atoms with E-state index in [0.29, 0.717) is 0 Å². The van der Waals surface area contributed by atoms with Gasteiger partial charge in [0.05, 0.1) is 7.11 Å². The summed E-state index contributed by atoms with van der Waals surface area (Å²) in [5.41, 5.74) is 2.62. The monoisotopic (exact) mass is 412 g/mol. The third kappa shape index (κ3) is 7.13. The fourth-order valence-corrected chi connectivity index (χ4v) is 4.49. The van der Waals surface area contributed by atoms with Crippen molar-refractivity contribution in [2.24, 2.45) is 5.92 Å². The van der Waals surface area contributed by atoms with Crippen LogP contribution in [0.25, 0.3) is 0 Å². The number of unbranched alkanes of at least 4 members (excludes halogenated alkanes) is 1. The van der Waals surface area contributed by atoms with Crippen LogP contribution in [-0.4, -0.2) is 59.6 Å². The number of benzene rings is 1. The van der Waals surface area contributed by atoms with Crippen LogP contribution in [0.15, 0.2) is 30.5 Å². The van der Waals surface area contributed by atoms with E-state index >= 15 is 0 Å². The topological polar surface area (TPSA) is 44.4 Å². The molecule has 0 amide bonds. The average Bonchev–Trinajstić information content (AvgIpc) is 3.23. The first kappa shape index (κ1) is 22.8. The van der Waals surface area contributed by atoms with Gasteiger partial charge in [-0.05, 0) is 62.4 Å². The van der Waals surface area contributed by atoms with Crippen LogP contribution in [0.5, 0.6) is 5.75 Å². The van der Waals surface area contributed by atoms with E-state index < -0.39 is 0 Å². The summed E-state index contributed by atoms with van der Waals surface area (Å²) >= 11 is 0. The standard InChI is InChI=1S/C25H40N4O/c1-4-6-12-25-26-17-23(27-25)20-28(5-2)18-22-10-8-14-29(19-22)15-13-21-9-7-11-24(16-21)30-3/h7,9,11,16-17,22H,4-6,8,10,12-15,18-20H2,1-3H3,(H,26,27)/t22-/m1/s1. The normalized spacial score (nSPS) is 17.5. The van der Waals surface area contributed by atoms with Crippen LogP contribution in [-0.2, 0) is 19.4 Å². The number of aryl methyl sites for hydroxylation is 1. The number of aromatic amines is 1. The molecule has 1 aliphatic heterocycles.